The van der Waals surface area contributed by atoms with E-state index in [1.807, 2.05) is 27.7 Å². The largest absolute Gasteiger partial charge is 0.373 e. The fraction of sp³-hybridized carbons (Fsp3) is 1.00. The molecule has 2 rings (SSSR count). The van der Waals surface area contributed by atoms with E-state index >= 15 is 0 Å². The molecule has 0 spiro atoms. The molecule has 2 heterocycles. The summed E-state index contributed by atoms with van der Waals surface area (Å²) in [5, 5.41) is 0. The first-order valence-electron chi connectivity index (χ1n) is 6.85. The van der Waals surface area contributed by atoms with Gasteiger partial charge in [0.15, 0.2) is 0 Å². The van der Waals surface area contributed by atoms with Gasteiger partial charge in [-0.2, -0.15) is 17.0 Å². The molecule has 2 aliphatic rings. The van der Waals surface area contributed by atoms with Crippen LogP contribution in [-0.4, -0.2) is 67.6 Å². The van der Waals surface area contributed by atoms with E-state index in [0.29, 0.717) is 26.2 Å². The van der Waals surface area contributed by atoms with E-state index in [1.54, 1.807) is 0 Å². The van der Waals surface area contributed by atoms with Crippen LogP contribution < -0.4 is 0 Å². The molecule has 0 amide bonds. The maximum Gasteiger partial charge on any atom is 0.282 e. The van der Waals surface area contributed by atoms with Gasteiger partial charge in [0.25, 0.3) is 10.2 Å². The average Bonchev–Trinajstić information content (AvgIpc) is 2.26. The minimum absolute atomic E-state index is 0.0607. The Kier molecular flexibility index (Phi) is 4.52. The number of ether oxygens (including phenoxy) is 2. The van der Waals surface area contributed by atoms with Crippen LogP contribution in [0.25, 0.3) is 0 Å². The maximum absolute atomic E-state index is 12.7. The van der Waals surface area contributed by atoms with Crippen molar-refractivity contribution in [3.8, 4) is 0 Å². The molecule has 0 unspecified atom stereocenters. The van der Waals surface area contributed by atoms with Crippen molar-refractivity contribution in [2.45, 2.75) is 52.1 Å². The Hall–Kier alpha value is -0.210. The Morgan fingerprint density at radius 3 is 1.26 bits per heavy atom. The molecule has 2 fully saturated rings. The van der Waals surface area contributed by atoms with E-state index in [1.165, 1.54) is 8.61 Å². The third kappa shape index (κ3) is 3.46. The average molecular weight is 292 g/mol. The SMILES string of the molecule is C[C@@H]1CN(S(=O)(=O)N2C[C@H](C)O[C@@H](C)C2)C[C@H](C)O1. The molecular weight excluding hydrogens is 268 g/mol. The lowest BCUT2D eigenvalue weighted by atomic mass is 10.3. The first-order valence-corrected chi connectivity index (χ1v) is 8.25. The molecule has 0 N–H and O–H groups in total. The van der Waals surface area contributed by atoms with Gasteiger partial charge >= 0.3 is 0 Å². The van der Waals surface area contributed by atoms with Crippen LogP contribution >= 0.6 is 0 Å². The standard InChI is InChI=1S/C12H24N2O4S/c1-9-5-13(6-10(2)17-9)19(15,16)14-7-11(3)18-12(4)8-14/h9-12H,5-8H2,1-4H3/t9-,10-,11-,12+/m0/s1. The summed E-state index contributed by atoms with van der Waals surface area (Å²) in [6.45, 7) is 9.32. The predicted molar refractivity (Wildman–Crippen MR) is 72.1 cm³/mol. The highest BCUT2D eigenvalue weighted by Crippen LogP contribution is 2.21. The summed E-state index contributed by atoms with van der Waals surface area (Å²) in [7, 11) is -3.41. The van der Waals surface area contributed by atoms with Crippen molar-refractivity contribution in [1.82, 2.24) is 8.61 Å². The molecule has 112 valence electrons. The minimum Gasteiger partial charge on any atom is -0.373 e. The number of hydrogen-bond acceptors (Lipinski definition) is 4. The third-order valence-electron chi connectivity index (χ3n) is 3.42. The predicted octanol–water partition coefficient (Wildman–Crippen LogP) is 0.450. The van der Waals surface area contributed by atoms with Gasteiger partial charge in [0, 0.05) is 26.2 Å². The molecule has 0 aromatic rings. The molecule has 0 aromatic heterocycles. The van der Waals surface area contributed by atoms with Crippen LogP contribution in [-0.2, 0) is 19.7 Å². The summed E-state index contributed by atoms with van der Waals surface area (Å²) in [6.07, 6.45) is -0.243. The highest BCUT2D eigenvalue weighted by atomic mass is 32.2. The summed E-state index contributed by atoms with van der Waals surface area (Å²) in [5.74, 6) is 0. The summed E-state index contributed by atoms with van der Waals surface area (Å²) in [5.41, 5.74) is 0. The van der Waals surface area contributed by atoms with Gasteiger partial charge in [0.05, 0.1) is 24.4 Å². The van der Waals surface area contributed by atoms with Crippen LogP contribution in [0, 0.1) is 0 Å². The second kappa shape index (κ2) is 5.65. The van der Waals surface area contributed by atoms with Crippen LogP contribution in [0.1, 0.15) is 27.7 Å². The van der Waals surface area contributed by atoms with Crippen LogP contribution in [0.3, 0.4) is 0 Å². The van der Waals surface area contributed by atoms with Crippen molar-refractivity contribution >= 4 is 10.2 Å². The van der Waals surface area contributed by atoms with E-state index in [0.717, 1.165) is 0 Å². The Bertz CT molecular complexity index is 362. The van der Waals surface area contributed by atoms with E-state index in [-0.39, 0.29) is 24.4 Å². The van der Waals surface area contributed by atoms with Gasteiger partial charge in [-0.1, -0.05) is 0 Å². The molecule has 0 aromatic carbocycles. The molecule has 0 saturated carbocycles. The molecule has 2 aliphatic heterocycles. The van der Waals surface area contributed by atoms with Gasteiger partial charge in [-0.15, -0.1) is 0 Å². The van der Waals surface area contributed by atoms with Gasteiger partial charge in [-0.3, -0.25) is 0 Å². The van der Waals surface area contributed by atoms with Crippen LogP contribution in [0.15, 0.2) is 0 Å². The molecule has 7 heteroatoms. The van der Waals surface area contributed by atoms with Crippen molar-refractivity contribution in [3.63, 3.8) is 0 Å². The zero-order chi connectivity index (χ0) is 14.2. The van der Waals surface area contributed by atoms with Crippen LogP contribution in [0.2, 0.25) is 0 Å². The Morgan fingerprint density at radius 1 is 0.737 bits per heavy atom. The summed E-state index contributed by atoms with van der Waals surface area (Å²) < 4.78 is 39.6. The molecule has 2 saturated heterocycles. The number of rotatable bonds is 2. The van der Waals surface area contributed by atoms with Gasteiger partial charge in [0.2, 0.25) is 0 Å². The lowest BCUT2D eigenvalue weighted by molar-refractivity contribution is -0.0567. The van der Waals surface area contributed by atoms with Crippen LogP contribution in [0.4, 0.5) is 0 Å². The third-order valence-corrected chi connectivity index (χ3v) is 5.33. The summed E-state index contributed by atoms with van der Waals surface area (Å²) in [4.78, 5) is 0. The van der Waals surface area contributed by atoms with Crippen molar-refractivity contribution in [2.75, 3.05) is 26.2 Å². The first-order chi connectivity index (χ1) is 8.79. The highest BCUT2D eigenvalue weighted by Gasteiger charge is 2.38. The summed E-state index contributed by atoms with van der Waals surface area (Å²) >= 11 is 0. The quantitative estimate of drug-likeness (QED) is 0.741. The second-order valence-electron chi connectivity index (χ2n) is 5.66. The fourth-order valence-electron chi connectivity index (χ4n) is 2.80. The lowest BCUT2D eigenvalue weighted by Gasteiger charge is -2.40. The zero-order valence-electron chi connectivity index (χ0n) is 12.1. The lowest BCUT2D eigenvalue weighted by Crippen LogP contribution is -2.57. The Labute approximate surface area is 115 Å². The van der Waals surface area contributed by atoms with E-state index in [4.69, 9.17) is 9.47 Å². The van der Waals surface area contributed by atoms with E-state index in [9.17, 15) is 8.42 Å². The number of nitrogens with zero attached hydrogens (tertiary/aromatic N) is 2. The highest BCUT2D eigenvalue weighted by molar-refractivity contribution is 7.86. The number of morpholine rings is 2. The summed E-state index contributed by atoms with van der Waals surface area (Å²) in [6, 6.07) is 0. The topological polar surface area (TPSA) is 59.1 Å². The fourth-order valence-corrected chi connectivity index (χ4v) is 4.72. The molecule has 19 heavy (non-hydrogen) atoms. The molecule has 6 nitrogen and oxygen atoms in total. The van der Waals surface area contributed by atoms with Crippen LogP contribution in [0.5, 0.6) is 0 Å². The van der Waals surface area contributed by atoms with Crippen molar-refractivity contribution in [2.24, 2.45) is 0 Å². The van der Waals surface area contributed by atoms with Crippen molar-refractivity contribution in [1.29, 1.82) is 0 Å². The smallest absolute Gasteiger partial charge is 0.282 e. The minimum atomic E-state index is -3.41. The monoisotopic (exact) mass is 292 g/mol. The van der Waals surface area contributed by atoms with E-state index in [2.05, 4.69) is 0 Å². The first kappa shape index (κ1) is 15.2. The maximum atomic E-state index is 12.7. The number of hydrogen-bond donors (Lipinski definition) is 0. The molecular formula is C12H24N2O4S. The van der Waals surface area contributed by atoms with Gasteiger partial charge < -0.3 is 9.47 Å². The molecule has 0 aliphatic carbocycles. The van der Waals surface area contributed by atoms with Gasteiger partial charge in [-0.05, 0) is 27.7 Å². The van der Waals surface area contributed by atoms with Gasteiger partial charge in [0.1, 0.15) is 0 Å². The Morgan fingerprint density at radius 2 is 1.00 bits per heavy atom. The van der Waals surface area contributed by atoms with Crippen molar-refractivity contribution < 1.29 is 17.9 Å². The second-order valence-corrected chi connectivity index (χ2v) is 7.58. The molecule has 0 radical (unpaired) electrons. The van der Waals surface area contributed by atoms with Gasteiger partial charge in [-0.25, -0.2) is 0 Å². The zero-order valence-corrected chi connectivity index (χ0v) is 12.9. The normalized spacial score (nSPS) is 39.4. The van der Waals surface area contributed by atoms with Crippen molar-refractivity contribution in [3.05, 3.63) is 0 Å². The molecule has 0 bridgehead atoms. The van der Waals surface area contributed by atoms with E-state index < -0.39 is 10.2 Å². The Balaban J connectivity index is 2.12. The molecule has 4 atom stereocenters.